The van der Waals surface area contributed by atoms with Gasteiger partial charge in [0.05, 0.1) is 16.6 Å². The van der Waals surface area contributed by atoms with Crippen molar-refractivity contribution in [2.24, 2.45) is 5.92 Å². The molecular weight excluding hydrogens is 556 g/mol. The van der Waals surface area contributed by atoms with E-state index in [4.69, 9.17) is 0 Å². The summed E-state index contributed by atoms with van der Waals surface area (Å²) in [4.78, 5) is 2.47. The van der Waals surface area contributed by atoms with Crippen molar-refractivity contribution in [1.29, 1.82) is 0 Å². The summed E-state index contributed by atoms with van der Waals surface area (Å²) in [5, 5.41) is 5.26. The molecule has 0 radical (unpaired) electrons. The predicted octanol–water partition coefficient (Wildman–Crippen LogP) is 11.6. The number of allylic oxidation sites excluding steroid dienone is 7. The van der Waals surface area contributed by atoms with Gasteiger partial charge in [0, 0.05) is 50.5 Å². The Labute approximate surface area is 269 Å². The van der Waals surface area contributed by atoms with Gasteiger partial charge >= 0.3 is 0 Å². The number of hydrogen-bond acceptors (Lipinski definition) is 1. The van der Waals surface area contributed by atoms with Crippen LogP contribution in [0, 0.1) is 5.92 Å². The molecule has 2 atom stereocenters. The smallest absolute Gasteiger partial charge is 0.0620 e. The van der Waals surface area contributed by atoms with Crippen LogP contribution < -0.4 is 4.90 Å². The molecule has 46 heavy (non-hydrogen) atoms. The molecule has 220 valence electrons. The Bertz CT molecular complexity index is 2470. The average molecular weight is 591 g/mol. The molecule has 2 unspecified atom stereocenters. The van der Waals surface area contributed by atoms with Gasteiger partial charge in [0.1, 0.15) is 0 Å². The van der Waals surface area contributed by atoms with Crippen LogP contribution in [0.5, 0.6) is 0 Å². The summed E-state index contributed by atoms with van der Waals surface area (Å²) in [7, 11) is 0. The van der Waals surface area contributed by atoms with Crippen LogP contribution in [0.3, 0.4) is 0 Å². The van der Waals surface area contributed by atoms with E-state index in [1.807, 2.05) is 0 Å². The Balaban J connectivity index is 1.28. The van der Waals surface area contributed by atoms with Gasteiger partial charge in [0.2, 0.25) is 0 Å². The van der Waals surface area contributed by atoms with E-state index in [9.17, 15) is 0 Å². The first-order valence-electron chi connectivity index (χ1n) is 16.2. The van der Waals surface area contributed by atoms with E-state index in [0.717, 1.165) is 5.57 Å². The number of hydrogen-bond donors (Lipinski definition) is 0. The standard InChI is InChI=1S/C44H34N2/c1-4-14-39-41(28(2)3)42-33(20-13-26-40(42)45(39)31-18-10-17-30(27-31)29-15-6-5-7-16-29)35-22-12-24-37-36-23-11-21-34-32-19-8-9-25-38(32)46(43(34)36)44(35)37/h4-27,33,42H,2H2,1,3H3/b14-4-. The summed E-state index contributed by atoms with van der Waals surface area (Å²) in [6, 6.07) is 42.1. The Morgan fingerprint density at radius 2 is 1.39 bits per heavy atom. The minimum absolute atomic E-state index is 0.126. The minimum atomic E-state index is 0.126. The largest absolute Gasteiger partial charge is 0.313 e. The Morgan fingerprint density at radius 3 is 2.20 bits per heavy atom. The molecule has 1 aliphatic heterocycles. The van der Waals surface area contributed by atoms with Crippen LogP contribution in [-0.4, -0.2) is 4.40 Å². The number of fused-ring (bicyclic) bond motifs is 7. The van der Waals surface area contributed by atoms with Crippen LogP contribution >= 0.6 is 0 Å². The number of anilines is 1. The minimum Gasteiger partial charge on any atom is -0.313 e. The monoisotopic (exact) mass is 590 g/mol. The Kier molecular flexibility index (Phi) is 5.95. The van der Waals surface area contributed by atoms with Gasteiger partial charge in [-0.1, -0.05) is 127 Å². The quantitative estimate of drug-likeness (QED) is 0.193. The van der Waals surface area contributed by atoms with Crippen LogP contribution in [0.25, 0.3) is 49.2 Å². The lowest BCUT2D eigenvalue weighted by Crippen LogP contribution is -2.23. The third-order valence-corrected chi connectivity index (χ3v) is 9.98. The highest BCUT2D eigenvalue weighted by atomic mass is 15.2. The van der Waals surface area contributed by atoms with E-state index < -0.39 is 0 Å². The average Bonchev–Trinajstić information content (AvgIpc) is 3.74. The highest BCUT2D eigenvalue weighted by Gasteiger charge is 2.42. The molecule has 3 heterocycles. The maximum Gasteiger partial charge on any atom is 0.0620 e. The van der Waals surface area contributed by atoms with E-state index in [1.165, 1.54) is 77.4 Å². The number of para-hydroxylation sites is 3. The van der Waals surface area contributed by atoms with Gasteiger partial charge in [-0.25, -0.2) is 0 Å². The van der Waals surface area contributed by atoms with Crippen LogP contribution in [0.15, 0.2) is 175 Å². The number of benzene rings is 5. The van der Waals surface area contributed by atoms with Crippen molar-refractivity contribution in [1.82, 2.24) is 4.40 Å². The number of rotatable bonds is 5. The second kappa shape index (κ2) is 10.2. The molecule has 9 rings (SSSR count). The SMILES string of the molecule is C=C(C)C1=C(/C=C\C)N(c2cccc(-c3ccccc3)c2)C2=CC=CC(c3cccc4c5cccc6c7ccccc7n(c34)c65)C21. The maximum absolute atomic E-state index is 4.58. The first kappa shape index (κ1) is 26.8. The zero-order valence-electron chi connectivity index (χ0n) is 26.1. The molecule has 0 saturated heterocycles. The van der Waals surface area contributed by atoms with Gasteiger partial charge in [-0.2, -0.15) is 0 Å². The topological polar surface area (TPSA) is 7.65 Å². The van der Waals surface area contributed by atoms with Gasteiger partial charge in [-0.05, 0) is 66.5 Å². The van der Waals surface area contributed by atoms with Crippen molar-refractivity contribution in [3.63, 3.8) is 0 Å². The molecular formula is C44H34N2. The molecule has 0 bridgehead atoms. The lowest BCUT2D eigenvalue weighted by Gasteiger charge is -2.31. The molecule has 2 heteroatoms. The fourth-order valence-corrected chi connectivity index (χ4v) is 8.23. The van der Waals surface area contributed by atoms with E-state index in [0.29, 0.717) is 0 Å². The molecule has 2 aliphatic rings. The van der Waals surface area contributed by atoms with E-state index in [1.54, 1.807) is 0 Å². The molecule has 0 spiro atoms. The summed E-state index contributed by atoms with van der Waals surface area (Å²) >= 11 is 0. The normalized spacial score (nSPS) is 18.1. The van der Waals surface area contributed by atoms with Crippen LogP contribution in [0.4, 0.5) is 5.69 Å². The van der Waals surface area contributed by atoms with E-state index in [-0.39, 0.29) is 11.8 Å². The molecule has 5 aromatic carbocycles. The number of aromatic nitrogens is 1. The van der Waals surface area contributed by atoms with Gasteiger partial charge in [-0.3, -0.25) is 0 Å². The van der Waals surface area contributed by atoms with E-state index in [2.05, 4.69) is 175 Å². The van der Waals surface area contributed by atoms with E-state index >= 15 is 0 Å². The fraction of sp³-hybridized carbons (Fsp3) is 0.0909. The lowest BCUT2D eigenvalue weighted by atomic mass is 9.75. The highest BCUT2D eigenvalue weighted by Crippen LogP contribution is 2.53. The first-order valence-corrected chi connectivity index (χ1v) is 16.2. The third-order valence-electron chi connectivity index (χ3n) is 9.98. The van der Waals surface area contributed by atoms with Crippen molar-refractivity contribution in [3.8, 4) is 11.1 Å². The van der Waals surface area contributed by atoms with Crippen LogP contribution in [0.2, 0.25) is 0 Å². The van der Waals surface area contributed by atoms with Crippen molar-refractivity contribution in [2.75, 3.05) is 4.90 Å². The summed E-state index contributed by atoms with van der Waals surface area (Å²) in [6.07, 6.45) is 11.4. The molecule has 0 saturated carbocycles. The van der Waals surface area contributed by atoms with Crippen molar-refractivity contribution >= 4 is 43.8 Å². The zero-order chi connectivity index (χ0) is 30.9. The fourth-order valence-electron chi connectivity index (χ4n) is 8.23. The van der Waals surface area contributed by atoms with Crippen LogP contribution in [-0.2, 0) is 0 Å². The summed E-state index contributed by atoms with van der Waals surface area (Å²) in [5.74, 6) is 0.261. The van der Waals surface area contributed by atoms with Gasteiger partial charge < -0.3 is 9.30 Å². The second-order valence-corrected chi connectivity index (χ2v) is 12.6. The van der Waals surface area contributed by atoms with Crippen molar-refractivity contribution in [2.45, 2.75) is 19.8 Å². The molecule has 0 fully saturated rings. The summed E-state index contributed by atoms with van der Waals surface area (Å²) in [6.45, 7) is 8.86. The first-order chi connectivity index (χ1) is 22.7. The predicted molar refractivity (Wildman–Crippen MR) is 196 cm³/mol. The molecule has 1 aliphatic carbocycles. The molecule has 0 amide bonds. The molecule has 2 aromatic heterocycles. The molecule has 0 N–H and O–H groups in total. The van der Waals surface area contributed by atoms with Gasteiger partial charge in [-0.15, -0.1) is 0 Å². The highest BCUT2D eigenvalue weighted by molar-refractivity contribution is 6.23. The Hall–Kier alpha value is -5.60. The van der Waals surface area contributed by atoms with Gasteiger partial charge in [0.25, 0.3) is 0 Å². The second-order valence-electron chi connectivity index (χ2n) is 12.6. The number of nitrogens with zero attached hydrogens (tertiary/aromatic N) is 2. The van der Waals surface area contributed by atoms with Gasteiger partial charge in [0.15, 0.2) is 0 Å². The third kappa shape index (κ3) is 3.71. The summed E-state index contributed by atoms with van der Waals surface area (Å²) < 4.78 is 2.53. The zero-order valence-corrected chi connectivity index (χ0v) is 26.1. The maximum atomic E-state index is 4.58. The van der Waals surface area contributed by atoms with Crippen molar-refractivity contribution in [3.05, 3.63) is 180 Å². The van der Waals surface area contributed by atoms with Crippen LogP contribution in [0.1, 0.15) is 25.3 Å². The summed E-state index contributed by atoms with van der Waals surface area (Å²) in [5.41, 5.74) is 13.7. The Morgan fingerprint density at radius 1 is 0.717 bits per heavy atom. The molecule has 2 nitrogen and oxygen atoms in total. The molecule has 7 aromatic rings. The lowest BCUT2D eigenvalue weighted by molar-refractivity contribution is 0.646. The van der Waals surface area contributed by atoms with Crippen molar-refractivity contribution < 1.29 is 0 Å².